The lowest BCUT2D eigenvalue weighted by atomic mass is 10.0. The van der Waals surface area contributed by atoms with Gasteiger partial charge >= 0.3 is 0 Å². The Balaban J connectivity index is 1.84. The fraction of sp³-hybridized carbons (Fsp3) is 0.923. The number of nitrogens with one attached hydrogen (secondary N) is 2. The maximum absolute atomic E-state index is 12.0. The van der Waals surface area contributed by atoms with E-state index in [9.17, 15) is 4.79 Å². The summed E-state index contributed by atoms with van der Waals surface area (Å²) in [5.74, 6) is 0.254. The summed E-state index contributed by atoms with van der Waals surface area (Å²) in [7, 11) is 0. The van der Waals surface area contributed by atoms with Gasteiger partial charge in [-0.1, -0.05) is 6.92 Å². The first kappa shape index (κ1) is 12.8. The molecule has 4 nitrogen and oxygen atoms in total. The second kappa shape index (κ2) is 6.36. The van der Waals surface area contributed by atoms with E-state index in [1.165, 1.54) is 19.3 Å². The van der Waals surface area contributed by atoms with E-state index in [-0.39, 0.29) is 11.9 Å². The number of likely N-dealkylation sites (tertiary alicyclic amines) is 1. The van der Waals surface area contributed by atoms with Crippen LogP contribution in [0.15, 0.2) is 0 Å². The van der Waals surface area contributed by atoms with E-state index in [1.807, 2.05) is 0 Å². The second-order valence-electron chi connectivity index (χ2n) is 5.17. The molecule has 2 saturated heterocycles. The van der Waals surface area contributed by atoms with Crippen LogP contribution < -0.4 is 10.6 Å². The molecule has 2 aliphatic heterocycles. The van der Waals surface area contributed by atoms with Crippen molar-refractivity contribution in [3.63, 3.8) is 0 Å². The van der Waals surface area contributed by atoms with E-state index in [4.69, 9.17) is 0 Å². The van der Waals surface area contributed by atoms with Crippen LogP contribution in [0.1, 0.15) is 39.0 Å². The predicted molar refractivity (Wildman–Crippen MR) is 68.9 cm³/mol. The van der Waals surface area contributed by atoms with Crippen LogP contribution in [0.4, 0.5) is 0 Å². The van der Waals surface area contributed by atoms with E-state index in [2.05, 4.69) is 22.5 Å². The van der Waals surface area contributed by atoms with Gasteiger partial charge in [-0.05, 0) is 38.6 Å². The number of hydrogen-bond acceptors (Lipinski definition) is 3. The molecule has 1 unspecified atom stereocenters. The fourth-order valence-electron chi connectivity index (χ4n) is 2.98. The molecule has 1 atom stereocenters. The molecule has 0 radical (unpaired) electrons. The smallest absolute Gasteiger partial charge is 0.237 e. The Bertz CT molecular complexity index is 249. The van der Waals surface area contributed by atoms with Gasteiger partial charge in [0.1, 0.15) is 0 Å². The van der Waals surface area contributed by atoms with Crippen LogP contribution >= 0.6 is 0 Å². The molecule has 0 aromatic rings. The second-order valence-corrected chi connectivity index (χ2v) is 5.17. The minimum Gasteiger partial charge on any atom is -0.355 e. The Morgan fingerprint density at radius 2 is 2.06 bits per heavy atom. The molecule has 4 heteroatoms. The largest absolute Gasteiger partial charge is 0.355 e. The van der Waals surface area contributed by atoms with Gasteiger partial charge in [0.15, 0.2) is 0 Å². The first-order valence-corrected chi connectivity index (χ1v) is 7.06. The molecule has 0 aliphatic carbocycles. The van der Waals surface area contributed by atoms with Gasteiger partial charge in [-0.15, -0.1) is 0 Å². The highest BCUT2D eigenvalue weighted by atomic mass is 16.2. The van der Waals surface area contributed by atoms with Gasteiger partial charge in [0.25, 0.3) is 0 Å². The highest BCUT2D eigenvalue weighted by molar-refractivity contribution is 5.81. The van der Waals surface area contributed by atoms with E-state index in [0.29, 0.717) is 6.04 Å². The lowest BCUT2D eigenvalue weighted by Crippen LogP contribution is -2.51. The van der Waals surface area contributed by atoms with Crippen LogP contribution in [-0.2, 0) is 4.79 Å². The molecular weight excluding hydrogens is 214 g/mol. The van der Waals surface area contributed by atoms with Crippen molar-refractivity contribution in [3.8, 4) is 0 Å². The monoisotopic (exact) mass is 239 g/mol. The lowest BCUT2D eigenvalue weighted by Gasteiger charge is -2.36. The van der Waals surface area contributed by atoms with Crippen LogP contribution in [0, 0.1) is 0 Å². The highest BCUT2D eigenvalue weighted by Crippen LogP contribution is 2.18. The maximum atomic E-state index is 12.0. The number of carbonyl (C=O) groups excluding carboxylic acids is 1. The molecule has 0 bridgehead atoms. The zero-order valence-electron chi connectivity index (χ0n) is 10.9. The minimum absolute atomic E-state index is 0.139. The van der Waals surface area contributed by atoms with Crippen LogP contribution in [0.25, 0.3) is 0 Å². The molecule has 2 fully saturated rings. The Morgan fingerprint density at radius 3 is 2.76 bits per heavy atom. The number of piperidine rings is 1. The van der Waals surface area contributed by atoms with Crippen molar-refractivity contribution in [2.75, 3.05) is 26.2 Å². The molecule has 0 aromatic heterocycles. The zero-order valence-corrected chi connectivity index (χ0v) is 10.9. The fourth-order valence-corrected chi connectivity index (χ4v) is 2.98. The third-order valence-electron chi connectivity index (χ3n) is 3.97. The average Bonchev–Trinajstić information content (AvgIpc) is 2.56. The summed E-state index contributed by atoms with van der Waals surface area (Å²) in [6, 6.07) is 0.796. The van der Waals surface area contributed by atoms with Crippen LogP contribution in [-0.4, -0.2) is 49.1 Å². The summed E-state index contributed by atoms with van der Waals surface area (Å²) >= 11 is 0. The van der Waals surface area contributed by atoms with Gasteiger partial charge in [0, 0.05) is 25.7 Å². The van der Waals surface area contributed by atoms with Crippen molar-refractivity contribution in [1.29, 1.82) is 0 Å². The van der Waals surface area contributed by atoms with Gasteiger partial charge in [-0.2, -0.15) is 0 Å². The number of hydrogen-bond donors (Lipinski definition) is 2. The summed E-state index contributed by atoms with van der Waals surface area (Å²) in [5.41, 5.74) is 0. The summed E-state index contributed by atoms with van der Waals surface area (Å²) in [6.07, 6.45) is 5.71. The molecule has 98 valence electrons. The number of rotatable bonds is 3. The topological polar surface area (TPSA) is 44.4 Å². The van der Waals surface area contributed by atoms with Gasteiger partial charge in [0.2, 0.25) is 5.91 Å². The zero-order chi connectivity index (χ0) is 12.1. The summed E-state index contributed by atoms with van der Waals surface area (Å²) in [6.45, 7) is 6.20. The molecule has 0 spiro atoms. The third-order valence-corrected chi connectivity index (χ3v) is 3.97. The van der Waals surface area contributed by atoms with Crippen molar-refractivity contribution in [3.05, 3.63) is 0 Å². The maximum Gasteiger partial charge on any atom is 0.237 e. The number of carbonyl (C=O) groups is 1. The molecule has 2 aliphatic rings. The van der Waals surface area contributed by atoms with Gasteiger partial charge in [-0.25, -0.2) is 0 Å². The Kier molecular flexibility index (Phi) is 4.80. The lowest BCUT2D eigenvalue weighted by molar-refractivity contribution is -0.126. The van der Waals surface area contributed by atoms with Gasteiger partial charge in [0.05, 0.1) is 6.04 Å². The minimum atomic E-state index is 0.139. The molecule has 2 rings (SSSR count). The highest BCUT2D eigenvalue weighted by Gasteiger charge is 2.29. The molecular formula is C13H25N3O. The molecule has 0 aromatic carbocycles. The molecule has 1 amide bonds. The molecule has 2 heterocycles. The summed E-state index contributed by atoms with van der Waals surface area (Å²) in [4.78, 5) is 14.3. The Hall–Kier alpha value is -0.610. The predicted octanol–water partition coefficient (Wildman–Crippen LogP) is 0.729. The van der Waals surface area contributed by atoms with Gasteiger partial charge in [-0.3, -0.25) is 9.69 Å². The van der Waals surface area contributed by atoms with E-state index < -0.39 is 0 Å². The van der Waals surface area contributed by atoms with Crippen LogP contribution in [0.2, 0.25) is 0 Å². The van der Waals surface area contributed by atoms with Crippen molar-refractivity contribution in [2.45, 2.75) is 51.1 Å². The van der Waals surface area contributed by atoms with Gasteiger partial charge < -0.3 is 10.6 Å². The molecule has 2 N–H and O–H groups in total. The van der Waals surface area contributed by atoms with E-state index in [1.54, 1.807) is 0 Å². The van der Waals surface area contributed by atoms with Crippen molar-refractivity contribution >= 4 is 5.91 Å². The number of nitrogens with zero attached hydrogens (tertiary/aromatic N) is 1. The first-order valence-electron chi connectivity index (χ1n) is 7.06. The van der Waals surface area contributed by atoms with Crippen LogP contribution in [0.5, 0.6) is 0 Å². The van der Waals surface area contributed by atoms with Crippen molar-refractivity contribution < 1.29 is 4.79 Å². The van der Waals surface area contributed by atoms with Crippen molar-refractivity contribution in [2.24, 2.45) is 0 Å². The third kappa shape index (κ3) is 3.42. The van der Waals surface area contributed by atoms with Crippen LogP contribution in [0.3, 0.4) is 0 Å². The van der Waals surface area contributed by atoms with E-state index in [0.717, 1.165) is 39.0 Å². The Labute approximate surface area is 104 Å². The number of amides is 1. The standard InChI is InChI=1S/C13H25N3O/c1-2-14-11-6-9-16(10-7-11)12-5-3-4-8-15-13(12)17/h11-12,14H,2-10H2,1H3,(H,15,17). The Morgan fingerprint density at radius 1 is 1.29 bits per heavy atom. The average molecular weight is 239 g/mol. The quantitative estimate of drug-likeness (QED) is 0.763. The van der Waals surface area contributed by atoms with Crippen molar-refractivity contribution in [1.82, 2.24) is 15.5 Å². The summed E-state index contributed by atoms with van der Waals surface area (Å²) < 4.78 is 0. The normalized spacial score (nSPS) is 28.8. The SMILES string of the molecule is CCNC1CCN(C2CCCCNC2=O)CC1. The van der Waals surface area contributed by atoms with E-state index >= 15 is 0 Å². The first-order chi connectivity index (χ1) is 8.31. The summed E-state index contributed by atoms with van der Waals surface area (Å²) in [5, 5.41) is 6.54. The molecule has 17 heavy (non-hydrogen) atoms. The molecule has 0 saturated carbocycles.